The Labute approximate surface area is 794 Å². The Morgan fingerprint density at radius 2 is 0.861 bits per heavy atom. The van der Waals surface area contributed by atoms with Crippen molar-refractivity contribution in [3.8, 4) is 45.3 Å². The number of nitrogens with one attached hydrogen (secondary N) is 6. The van der Waals surface area contributed by atoms with E-state index in [9.17, 15) is 62.3 Å². The number of fused-ring (bicyclic) bond motifs is 4. The maximum atomic E-state index is 13.5. The smallest absolute Gasteiger partial charge is 0.272 e. The fraction of sp³-hybridized carbons (Fsp3) is 0.343. The number of nitrogens with zero attached hydrogens (tertiary/aromatic N) is 9. The van der Waals surface area contributed by atoms with Gasteiger partial charge in [0.05, 0.1) is 90.8 Å². The van der Waals surface area contributed by atoms with E-state index >= 15 is 0 Å². The van der Waals surface area contributed by atoms with E-state index in [4.69, 9.17) is 18.9 Å². The number of aryl methyl sites for hydroxylation is 4. The number of Topliss-reactive ketones (excluding diaryl/α,β-unsaturated/α-hetero) is 3. The number of anilines is 4. The van der Waals surface area contributed by atoms with Crippen LogP contribution >= 0.6 is 0 Å². The van der Waals surface area contributed by atoms with Gasteiger partial charge in [-0.3, -0.25) is 77.2 Å². The van der Waals surface area contributed by atoms with Gasteiger partial charge in [-0.1, -0.05) is 99.1 Å². The second kappa shape index (κ2) is 45.1. The fourth-order valence-electron chi connectivity index (χ4n) is 17.3. The topological polar surface area (TPSA) is 385 Å². The highest BCUT2D eigenvalue weighted by atomic mass is 16.5. The van der Waals surface area contributed by atoms with Crippen LogP contribution in [0.4, 0.5) is 34.1 Å². The van der Waals surface area contributed by atoms with Crippen LogP contribution in [0, 0.1) is 5.92 Å². The summed E-state index contributed by atoms with van der Waals surface area (Å²) in [5.74, 6) is -1.50. The lowest BCUT2D eigenvalue weighted by Gasteiger charge is -2.32. The second-order valence-corrected chi connectivity index (χ2v) is 35.3. The van der Waals surface area contributed by atoms with Gasteiger partial charge in [-0.15, -0.1) is 0 Å². The lowest BCUT2D eigenvalue weighted by Crippen LogP contribution is -2.53. The molecular formula is C105H115N15O17. The molecule has 0 radical (unpaired) electrons. The highest BCUT2D eigenvalue weighted by Gasteiger charge is 2.35. The van der Waals surface area contributed by atoms with Gasteiger partial charge in [-0.2, -0.15) is 0 Å². The fourth-order valence-corrected chi connectivity index (χ4v) is 17.3. The summed E-state index contributed by atoms with van der Waals surface area (Å²) < 4.78 is 30.0. The van der Waals surface area contributed by atoms with Crippen molar-refractivity contribution >= 4 is 123 Å². The largest absolute Gasteiger partial charge is 0.493 e. The zero-order valence-electron chi connectivity index (χ0n) is 78.5. The monoisotopic (exact) mass is 1860 g/mol. The predicted octanol–water partition coefficient (Wildman–Crippen LogP) is 14.7. The lowest BCUT2D eigenvalue weighted by atomic mass is 10.0. The summed E-state index contributed by atoms with van der Waals surface area (Å²) in [6.45, 7) is 7.36. The molecule has 5 aliphatic rings. The van der Waals surface area contributed by atoms with Gasteiger partial charge in [0.1, 0.15) is 17.4 Å². The quantitative estimate of drug-likeness (QED) is 0.0118. The number of unbranched alkanes of at least 4 members (excludes halogenated alkanes) is 2. The van der Waals surface area contributed by atoms with E-state index in [0.29, 0.717) is 136 Å². The molecule has 32 nitrogen and oxygen atoms in total. The van der Waals surface area contributed by atoms with Gasteiger partial charge >= 0.3 is 0 Å². The van der Waals surface area contributed by atoms with Gasteiger partial charge in [-0.25, -0.2) is 0 Å². The third kappa shape index (κ3) is 24.8. The van der Waals surface area contributed by atoms with Gasteiger partial charge in [-0.05, 0) is 166 Å². The number of ketones is 3. The number of hydrogen-bond acceptors (Lipinski definition) is 19. The molecule has 0 saturated carbocycles. The van der Waals surface area contributed by atoms with E-state index in [1.165, 1.54) is 26.4 Å². The van der Waals surface area contributed by atoms with Crippen molar-refractivity contribution in [3.63, 3.8) is 0 Å². The average Bonchev–Trinajstić information content (AvgIpc) is 1.70. The number of amides is 10. The van der Waals surface area contributed by atoms with Crippen LogP contribution in [0.25, 0.3) is 22.3 Å². The number of methoxy groups -OCH3 is 2. The summed E-state index contributed by atoms with van der Waals surface area (Å²) in [5.41, 5.74) is 11.9. The molecule has 6 N–H and O–H groups in total. The van der Waals surface area contributed by atoms with Crippen molar-refractivity contribution in [2.45, 2.75) is 154 Å². The van der Waals surface area contributed by atoms with E-state index in [0.717, 1.165) is 82.5 Å². The van der Waals surface area contributed by atoms with Crippen LogP contribution in [0.3, 0.4) is 0 Å². The number of carbonyl (C=O) groups excluding carboxylic acids is 13. The minimum atomic E-state index is -0.855. The Hall–Kier alpha value is -15.4. The number of aromatic nitrogens is 4. The summed E-state index contributed by atoms with van der Waals surface area (Å²) in [7, 11) is 10.2. The summed E-state index contributed by atoms with van der Waals surface area (Å²) in [4.78, 5) is 182. The number of aliphatic imine (C=N–C) groups is 2. The Morgan fingerprint density at radius 1 is 0.423 bits per heavy atom. The summed E-state index contributed by atoms with van der Waals surface area (Å²) in [6.07, 6.45) is 22.6. The van der Waals surface area contributed by atoms with Crippen molar-refractivity contribution < 1.29 is 81.3 Å². The first kappa shape index (κ1) is 97.6. The molecule has 0 aliphatic carbocycles. The number of carbonyl (C=O) groups is 13. The van der Waals surface area contributed by atoms with Gasteiger partial charge in [0.25, 0.3) is 35.4 Å². The Balaban J connectivity index is 0.000000236. The minimum Gasteiger partial charge on any atom is -0.493 e. The number of hydrogen-bond donors (Lipinski definition) is 6. The van der Waals surface area contributed by atoms with E-state index in [1.807, 2.05) is 127 Å². The first-order valence-electron chi connectivity index (χ1n) is 46.3. The first-order valence-corrected chi connectivity index (χ1v) is 46.3. The normalized spacial score (nSPS) is 15.1. The van der Waals surface area contributed by atoms with Crippen molar-refractivity contribution in [2.24, 2.45) is 44.1 Å². The van der Waals surface area contributed by atoms with Crippen LogP contribution in [-0.2, 0) is 81.0 Å². The maximum Gasteiger partial charge on any atom is 0.272 e. The Kier molecular flexibility index (Phi) is 32.2. The minimum absolute atomic E-state index is 0.00168. The van der Waals surface area contributed by atoms with Crippen LogP contribution in [0.1, 0.15) is 190 Å². The molecular weight excluding hydrogens is 1740 g/mol. The van der Waals surface area contributed by atoms with Gasteiger partial charge in [0.2, 0.25) is 23.6 Å². The summed E-state index contributed by atoms with van der Waals surface area (Å²) in [5, 5.41) is 17.1. The van der Waals surface area contributed by atoms with Crippen LogP contribution in [-0.4, -0.2) is 193 Å². The highest BCUT2D eigenvalue weighted by Crippen LogP contribution is 2.41. The van der Waals surface area contributed by atoms with Crippen molar-refractivity contribution in [3.05, 3.63) is 239 Å². The third-order valence-electron chi connectivity index (χ3n) is 24.9. The van der Waals surface area contributed by atoms with Crippen LogP contribution in [0.15, 0.2) is 199 Å². The molecule has 0 spiro atoms. The molecule has 6 aromatic carbocycles. The molecule has 5 aliphatic heterocycles. The molecule has 2 fully saturated rings. The predicted molar refractivity (Wildman–Crippen MR) is 521 cm³/mol. The highest BCUT2D eigenvalue weighted by molar-refractivity contribution is 6.13. The molecule has 9 heterocycles. The zero-order valence-corrected chi connectivity index (χ0v) is 78.5. The number of ether oxygens (including phenoxy) is 4. The summed E-state index contributed by atoms with van der Waals surface area (Å²) in [6, 6.07) is 43.5. The standard InChI is InChI=1S/C62H71N9O11.C43H44N6O6/c1-38(2)59(67-56(75)14-8-7-10-27-71-57(76)24-25-58(71)77)61(79)64-39(3)51(72)29-41-18-22-44(23-19-41)66-60(78)50-31-43(36-68(50)4)42-20-16-40(17-21-42)30-52(73)49-32-45(37-69(49)5)65-55(74)15-12-28-82-54-34-48-47(33-53(54)81-6)62(80)70-26-11-9-13-46(70)35-63-48;1-47-26-30(21-37(47)42(52)46-31-10-5-4-6-11-31)29-16-14-28(15-17-29)20-38(50)36-22-32(27-48(36)2)45-41(51)13-9-19-55-40-24-35-34(23-39(40)54-3)43(53)49-18-8-7-12-33(49)25-44-35/h16-25,31-39,46,59H,7-15,26-30H2,1-6H3,(H,64,79)(H,65,74)(H,66,78)(H,67,75);4-6,10-11,14-17,21-27,33H,7-9,12-13,18-20H2,1-3H3,(H,45,51)(H,46,52)/t39-,46-,59-;33-/m00/s1. The molecule has 137 heavy (non-hydrogen) atoms. The molecule has 10 aromatic rings. The molecule has 2 saturated heterocycles. The number of piperidine rings is 2. The Morgan fingerprint density at radius 3 is 1.32 bits per heavy atom. The van der Waals surface area contributed by atoms with E-state index in [1.54, 1.807) is 139 Å². The molecule has 10 amide bonds. The number of rotatable bonds is 39. The van der Waals surface area contributed by atoms with Crippen LogP contribution in [0.2, 0.25) is 0 Å². The molecule has 712 valence electrons. The summed E-state index contributed by atoms with van der Waals surface area (Å²) >= 11 is 0. The molecule has 0 unspecified atom stereocenters. The number of benzene rings is 6. The third-order valence-corrected chi connectivity index (χ3v) is 24.9. The van der Waals surface area contributed by atoms with E-state index < -0.39 is 18.0 Å². The van der Waals surface area contributed by atoms with Gasteiger partial charge in [0, 0.05) is 170 Å². The van der Waals surface area contributed by atoms with E-state index in [-0.39, 0.29) is 147 Å². The molecule has 4 atom stereocenters. The molecule has 15 rings (SSSR count). The van der Waals surface area contributed by atoms with Crippen LogP contribution < -0.4 is 50.8 Å². The molecule has 4 aromatic heterocycles. The van der Waals surface area contributed by atoms with Gasteiger partial charge in [0.15, 0.2) is 40.3 Å². The average molecular weight is 1860 g/mol. The van der Waals surface area contributed by atoms with E-state index in [2.05, 4.69) is 41.9 Å². The second-order valence-electron chi connectivity index (χ2n) is 35.3. The van der Waals surface area contributed by atoms with Crippen molar-refractivity contribution in [2.75, 3.05) is 68.3 Å². The lowest BCUT2D eigenvalue weighted by molar-refractivity contribution is -0.137. The number of imide groups is 1. The van der Waals surface area contributed by atoms with Crippen molar-refractivity contribution in [1.29, 1.82) is 0 Å². The first-order chi connectivity index (χ1) is 66.0. The zero-order chi connectivity index (χ0) is 97.1. The van der Waals surface area contributed by atoms with Crippen molar-refractivity contribution in [1.82, 2.24) is 43.6 Å². The molecule has 0 bridgehead atoms. The van der Waals surface area contributed by atoms with Crippen LogP contribution in [0.5, 0.6) is 23.0 Å². The number of para-hydroxylation sites is 1. The maximum absolute atomic E-state index is 13.5. The molecule has 32 heteroatoms. The Bertz CT molecular complexity index is 6280. The van der Waals surface area contributed by atoms with Gasteiger partial charge < -0.3 is 78.9 Å². The SMILES string of the molecule is COc1cc2c(cc1OCCCC(=O)Nc1cc(C(=O)Cc3ccc(-c4cc(C(=O)Nc5ccc(CC(=O)[C@H](C)NC(=O)[C@@H](NC(=O)CCCCCN6C(=O)C=CC6=O)C(C)C)cc5)n(C)c4)cc3)n(C)c1)N=C[C@@H]1CCCCN1C2=O.COc1cc2c(cc1OCCCC(=O)Nc1cc(C(=O)Cc3ccc(-c4cc(C(=O)Nc5ccccc5)n(C)c4)cc3)n(C)c1)N=C[C@@H]1CCCCN1C2=O.